The van der Waals surface area contributed by atoms with E-state index < -0.39 is 0 Å². The molecular weight excluding hydrogens is 294 g/mol. The van der Waals surface area contributed by atoms with Gasteiger partial charge in [-0.3, -0.25) is 9.69 Å². The molecule has 1 aliphatic rings. The molecular formula is C17H15N3OS. The van der Waals surface area contributed by atoms with Crippen LogP contribution in [-0.4, -0.2) is 22.1 Å². The first kappa shape index (κ1) is 13.3. The maximum Gasteiger partial charge on any atom is 0.252 e. The number of para-hydroxylation sites is 1. The molecule has 0 radical (unpaired) electrons. The van der Waals surface area contributed by atoms with Gasteiger partial charge in [0.05, 0.1) is 12.2 Å². The van der Waals surface area contributed by atoms with Gasteiger partial charge in [0.15, 0.2) is 5.11 Å². The fraction of sp³-hybridized carbons (Fsp3) is 0.176. The maximum atomic E-state index is 12.0. The normalized spacial score (nSPS) is 15.0. The Morgan fingerprint density at radius 3 is 2.64 bits per heavy atom. The van der Waals surface area contributed by atoms with Crippen LogP contribution >= 0.6 is 12.2 Å². The molecule has 3 aromatic rings. The molecule has 0 aliphatic carbocycles. The lowest BCUT2D eigenvalue weighted by Crippen LogP contribution is -2.30. The predicted octanol–water partition coefficient (Wildman–Crippen LogP) is 3.04. The summed E-state index contributed by atoms with van der Waals surface area (Å²) < 4.78 is 2.29. The summed E-state index contributed by atoms with van der Waals surface area (Å²) in [5.74, 6) is -0.0106. The van der Waals surface area contributed by atoms with E-state index in [1.807, 2.05) is 12.1 Å². The lowest BCUT2D eigenvalue weighted by Gasteiger charge is -2.15. The average molecular weight is 309 g/mol. The van der Waals surface area contributed by atoms with E-state index in [1.165, 1.54) is 16.4 Å². The predicted molar refractivity (Wildman–Crippen MR) is 93.2 cm³/mol. The second-order valence-corrected chi connectivity index (χ2v) is 5.74. The number of nitrogens with zero attached hydrogens (tertiary/aromatic N) is 2. The summed E-state index contributed by atoms with van der Waals surface area (Å²) in [6.45, 7) is 3.32. The van der Waals surface area contributed by atoms with Crippen molar-refractivity contribution in [1.82, 2.24) is 9.88 Å². The highest BCUT2D eigenvalue weighted by Crippen LogP contribution is 2.32. The minimum Gasteiger partial charge on any atom is -0.353 e. The third kappa shape index (κ3) is 1.75. The van der Waals surface area contributed by atoms with Crippen LogP contribution in [0.3, 0.4) is 0 Å². The molecule has 5 heteroatoms. The number of nitrogens with one attached hydrogen (secondary N) is 1. The Hall–Kier alpha value is -2.40. The summed E-state index contributed by atoms with van der Waals surface area (Å²) in [5, 5.41) is 5.75. The van der Waals surface area contributed by atoms with Crippen molar-refractivity contribution in [3.8, 4) is 0 Å². The molecule has 2 heterocycles. The van der Waals surface area contributed by atoms with Gasteiger partial charge in [-0.1, -0.05) is 18.2 Å². The fourth-order valence-electron chi connectivity index (χ4n) is 3.21. The van der Waals surface area contributed by atoms with E-state index in [0.717, 1.165) is 17.6 Å². The summed E-state index contributed by atoms with van der Waals surface area (Å²) in [6, 6.07) is 14.4. The molecule has 1 saturated heterocycles. The highest BCUT2D eigenvalue weighted by molar-refractivity contribution is 7.80. The van der Waals surface area contributed by atoms with Crippen LogP contribution in [0.1, 0.15) is 6.92 Å². The van der Waals surface area contributed by atoms with Gasteiger partial charge in [0.1, 0.15) is 0 Å². The number of amides is 1. The first-order valence-corrected chi connectivity index (χ1v) is 7.73. The number of aromatic nitrogens is 1. The van der Waals surface area contributed by atoms with Crippen LogP contribution in [0.5, 0.6) is 0 Å². The number of fused-ring (bicyclic) bond motifs is 3. The smallest absolute Gasteiger partial charge is 0.252 e. The first-order chi connectivity index (χ1) is 10.7. The van der Waals surface area contributed by atoms with Gasteiger partial charge >= 0.3 is 0 Å². The average Bonchev–Trinajstić information content (AvgIpc) is 3.04. The number of anilines is 1. The van der Waals surface area contributed by atoms with E-state index >= 15 is 0 Å². The number of rotatable bonds is 2. The zero-order valence-corrected chi connectivity index (χ0v) is 13.0. The van der Waals surface area contributed by atoms with E-state index in [4.69, 9.17) is 12.2 Å². The highest BCUT2D eigenvalue weighted by atomic mass is 32.1. The summed E-state index contributed by atoms with van der Waals surface area (Å²) in [5.41, 5.74) is 3.22. The number of aryl methyl sites for hydroxylation is 1. The van der Waals surface area contributed by atoms with Gasteiger partial charge in [-0.15, -0.1) is 0 Å². The lowest BCUT2D eigenvalue weighted by atomic mass is 10.1. The highest BCUT2D eigenvalue weighted by Gasteiger charge is 2.27. The molecule has 4 nitrogen and oxygen atoms in total. The number of carbonyl (C=O) groups is 1. The molecule has 22 heavy (non-hydrogen) atoms. The Bertz CT molecular complexity index is 912. The molecule has 0 saturated carbocycles. The first-order valence-electron chi connectivity index (χ1n) is 7.32. The number of hydrogen-bond donors (Lipinski definition) is 1. The monoisotopic (exact) mass is 309 g/mol. The van der Waals surface area contributed by atoms with Crippen molar-refractivity contribution in [2.24, 2.45) is 0 Å². The third-order valence-electron chi connectivity index (χ3n) is 4.17. The van der Waals surface area contributed by atoms with Crippen LogP contribution in [0.4, 0.5) is 5.69 Å². The van der Waals surface area contributed by atoms with Crippen molar-refractivity contribution in [2.75, 3.05) is 11.4 Å². The minimum atomic E-state index is -0.0106. The quantitative estimate of drug-likeness (QED) is 0.739. The van der Waals surface area contributed by atoms with E-state index in [1.54, 1.807) is 4.90 Å². The fourth-order valence-corrected chi connectivity index (χ4v) is 3.48. The maximum absolute atomic E-state index is 12.0. The molecule has 4 rings (SSSR count). The summed E-state index contributed by atoms with van der Waals surface area (Å²) in [6.07, 6.45) is 0. The lowest BCUT2D eigenvalue weighted by molar-refractivity contribution is -0.115. The van der Waals surface area contributed by atoms with Gasteiger partial charge in [-0.05, 0) is 43.4 Å². The molecule has 0 atom stereocenters. The van der Waals surface area contributed by atoms with Gasteiger partial charge in [-0.2, -0.15) is 0 Å². The zero-order chi connectivity index (χ0) is 15.3. The second-order valence-electron chi connectivity index (χ2n) is 5.35. The summed E-state index contributed by atoms with van der Waals surface area (Å²) in [4.78, 5) is 13.6. The van der Waals surface area contributed by atoms with Crippen molar-refractivity contribution in [2.45, 2.75) is 13.5 Å². The topological polar surface area (TPSA) is 37.3 Å². The number of thiocarbonyl (C=S) groups is 1. The summed E-state index contributed by atoms with van der Waals surface area (Å²) >= 11 is 5.23. The Morgan fingerprint density at radius 2 is 1.91 bits per heavy atom. The van der Waals surface area contributed by atoms with E-state index in [-0.39, 0.29) is 12.5 Å². The molecule has 1 fully saturated rings. The van der Waals surface area contributed by atoms with Crippen molar-refractivity contribution in [1.29, 1.82) is 0 Å². The van der Waals surface area contributed by atoms with Crippen molar-refractivity contribution in [3.63, 3.8) is 0 Å². The Morgan fingerprint density at radius 1 is 1.14 bits per heavy atom. The third-order valence-corrected chi connectivity index (χ3v) is 4.50. The standard InChI is InChI=1S/C17H15N3OS/c1-2-19-14-6-4-3-5-12(14)13-9-11(7-8-15(13)19)20-16(21)10-18-17(20)22/h3-9H,2,10H2,1H3,(H,18,22). The molecule has 0 spiro atoms. The zero-order valence-electron chi connectivity index (χ0n) is 12.2. The van der Waals surface area contributed by atoms with Crippen molar-refractivity contribution < 1.29 is 4.79 Å². The molecule has 110 valence electrons. The Balaban J connectivity index is 2.00. The number of hydrogen-bond acceptors (Lipinski definition) is 2. The molecule has 1 aliphatic heterocycles. The van der Waals surface area contributed by atoms with Crippen molar-refractivity contribution >= 4 is 50.7 Å². The van der Waals surface area contributed by atoms with Crippen LogP contribution < -0.4 is 10.2 Å². The van der Waals surface area contributed by atoms with Crippen LogP contribution in [0.2, 0.25) is 0 Å². The van der Waals surface area contributed by atoms with Crippen LogP contribution in [0.15, 0.2) is 42.5 Å². The second kappa shape index (κ2) is 4.81. The van der Waals surface area contributed by atoms with Crippen molar-refractivity contribution in [3.05, 3.63) is 42.5 Å². The number of benzene rings is 2. The van der Waals surface area contributed by atoms with Gasteiger partial charge in [0, 0.05) is 28.4 Å². The molecule has 2 aromatic carbocycles. The minimum absolute atomic E-state index is 0.0106. The van der Waals surface area contributed by atoms with Crippen LogP contribution in [0.25, 0.3) is 21.8 Å². The van der Waals surface area contributed by atoms with Gasteiger partial charge < -0.3 is 9.88 Å². The Labute approximate surface area is 133 Å². The van der Waals surface area contributed by atoms with E-state index in [2.05, 4.69) is 47.1 Å². The summed E-state index contributed by atoms with van der Waals surface area (Å²) in [7, 11) is 0. The van der Waals surface area contributed by atoms with Crippen LogP contribution in [-0.2, 0) is 11.3 Å². The van der Waals surface area contributed by atoms with E-state index in [0.29, 0.717) is 5.11 Å². The van der Waals surface area contributed by atoms with Crippen LogP contribution in [0, 0.1) is 0 Å². The molecule has 0 bridgehead atoms. The molecule has 1 N–H and O–H groups in total. The molecule has 0 unspecified atom stereocenters. The van der Waals surface area contributed by atoms with Gasteiger partial charge in [0.25, 0.3) is 5.91 Å². The molecule has 1 amide bonds. The van der Waals surface area contributed by atoms with E-state index in [9.17, 15) is 4.79 Å². The SMILES string of the molecule is CCn1c2ccccc2c2cc(N3C(=O)CNC3=S)ccc21. The largest absolute Gasteiger partial charge is 0.353 e. The van der Waals surface area contributed by atoms with Gasteiger partial charge in [-0.25, -0.2) is 0 Å². The Kier molecular flexibility index (Phi) is 2.90. The number of carbonyl (C=O) groups excluding carboxylic acids is 1. The molecule has 1 aromatic heterocycles. The van der Waals surface area contributed by atoms with Gasteiger partial charge in [0.2, 0.25) is 0 Å².